The zero-order valence-corrected chi connectivity index (χ0v) is 22.3. The van der Waals surface area contributed by atoms with Crippen LogP contribution in [0.3, 0.4) is 0 Å². The number of benzene rings is 1. The third-order valence-corrected chi connectivity index (χ3v) is 8.55. The number of thiazole rings is 1. The number of halogens is 1. The third-order valence-electron chi connectivity index (χ3n) is 6.26. The summed E-state index contributed by atoms with van der Waals surface area (Å²) in [5.41, 5.74) is 1.50. The predicted octanol–water partition coefficient (Wildman–Crippen LogP) is 4.51. The van der Waals surface area contributed by atoms with Crippen LogP contribution in [0.15, 0.2) is 65.3 Å². The highest BCUT2D eigenvalue weighted by molar-refractivity contribution is 7.99. The van der Waals surface area contributed by atoms with E-state index < -0.39 is 36.1 Å². The van der Waals surface area contributed by atoms with Crippen molar-refractivity contribution in [1.82, 2.24) is 25.0 Å². The Morgan fingerprint density at radius 2 is 2.11 bits per heavy atom. The van der Waals surface area contributed by atoms with Gasteiger partial charge in [0, 0.05) is 35.3 Å². The number of hydrogen-bond acceptors (Lipinski definition) is 11. The van der Waals surface area contributed by atoms with Crippen molar-refractivity contribution >= 4 is 34.7 Å². The Labute approximate surface area is 231 Å². The molecular weight excluding hydrogens is 548 g/mol. The lowest BCUT2D eigenvalue weighted by Gasteiger charge is -2.48. The van der Waals surface area contributed by atoms with Gasteiger partial charge in [0.1, 0.15) is 51.7 Å². The van der Waals surface area contributed by atoms with Gasteiger partial charge in [-0.25, -0.2) is 9.67 Å². The molecule has 3 aromatic heterocycles. The number of aromatic nitrogens is 5. The van der Waals surface area contributed by atoms with Crippen LogP contribution in [0.2, 0.25) is 5.15 Å². The third kappa shape index (κ3) is 5.06. The van der Waals surface area contributed by atoms with Gasteiger partial charge in [-0.1, -0.05) is 58.9 Å². The van der Waals surface area contributed by atoms with Gasteiger partial charge in [0.25, 0.3) is 0 Å². The van der Waals surface area contributed by atoms with Crippen LogP contribution >= 0.6 is 34.7 Å². The second-order valence-corrected chi connectivity index (χ2v) is 11.0. The fourth-order valence-corrected chi connectivity index (χ4v) is 6.65. The summed E-state index contributed by atoms with van der Waals surface area (Å²) >= 11 is 8.86. The van der Waals surface area contributed by atoms with Crippen LogP contribution in [0.5, 0.6) is 0 Å². The smallest absolute Gasteiger partial charge is 0.184 e. The molecule has 0 aliphatic carbocycles. The Bertz CT molecular complexity index is 1450. The van der Waals surface area contributed by atoms with E-state index >= 15 is 0 Å². The Hall–Kier alpha value is -2.89. The van der Waals surface area contributed by atoms with Crippen molar-refractivity contribution in [2.45, 2.75) is 41.0 Å². The van der Waals surface area contributed by atoms with E-state index in [0.29, 0.717) is 28.0 Å². The predicted molar refractivity (Wildman–Crippen MR) is 139 cm³/mol. The van der Waals surface area contributed by atoms with Crippen LogP contribution < -0.4 is 0 Å². The summed E-state index contributed by atoms with van der Waals surface area (Å²) in [4.78, 5) is 9.28. The molecule has 13 heteroatoms. The average molecular weight is 569 g/mol. The lowest BCUT2D eigenvalue weighted by atomic mass is 9.96. The van der Waals surface area contributed by atoms with Crippen LogP contribution in [0, 0.1) is 11.3 Å². The number of rotatable bonds is 6. The first-order valence-electron chi connectivity index (χ1n) is 11.7. The molecule has 0 N–H and O–H groups in total. The monoisotopic (exact) mass is 568 g/mol. The number of methoxy groups -OCH3 is 1. The summed E-state index contributed by atoms with van der Waals surface area (Å²) in [5.74, 6) is 0. The van der Waals surface area contributed by atoms with E-state index in [2.05, 4.69) is 26.3 Å². The highest BCUT2D eigenvalue weighted by atomic mass is 35.5. The molecule has 2 aliphatic heterocycles. The molecule has 4 aromatic rings. The van der Waals surface area contributed by atoms with Crippen molar-refractivity contribution in [3.8, 4) is 16.8 Å². The average Bonchev–Trinajstić information content (AvgIpc) is 3.62. The van der Waals surface area contributed by atoms with Gasteiger partial charge in [-0.3, -0.25) is 4.98 Å². The molecule has 38 heavy (non-hydrogen) atoms. The first-order chi connectivity index (χ1) is 18.6. The number of nitrogens with zero attached hydrogens (tertiary/aromatic N) is 6. The van der Waals surface area contributed by atoms with Crippen LogP contribution in [0.4, 0.5) is 0 Å². The van der Waals surface area contributed by atoms with Crippen molar-refractivity contribution in [3.05, 3.63) is 76.6 Å². The van der Waals surface area contributed by atoms with Gasteiger partial charge in [-0.15, -0.1) is 16.4 Å². The maximum absolute atomic E-state index is 9.31. The molecule has 1 aromatic carbocycles. The lowest BCUT2D eigenvalue weighted by Crippen LogP contribution is -2.59. The molecule has 10 nitrogen and oxygen atoms in total. The summed E-state index contributed by atoms with van der Waals surface area (Å²) in [5, 5.41) is 20.9. The maximum Gasteiger partial charge on any atom is 0.184 e. The van der Waals surface area contributed by atoms with Gasteiger partial charge in [-0.05, 0) is 6.07 Å². The van der Waals surface area contributed by atoms with Crippen LogP contribution in [-0.4, -0.2) is 62.4 Å². The Morgan fingerprint density at radius 1 is 1.24 bits per heavy atom. The molecule has 3 unspecified atom stereocenters. The van der Waals surface area contributed by atoms with Crippen molar-refractivity contribution < 1.29 is 18.9 Å². The van der Waals surface area contributed by atoms with Crippen LogP contribution in [-0.2, 0) is 18.9 Å². The number of hydrogen-bond donors (Lipinski definition) is 0. The molecule has 194 valence electrons. The highest BCUT2D eigenvalue weighted by Gasteiger charge is 2.52. The normalized spacial score (nSPS) is 27.0. The summed E-state index contributed by atoms with van der Waals surface area (Å²) in [6, 6.07) is 13.3. The standard InChI is InChI=1S/C25H21ClN6O4S2/c1-33-22-20(32-11-17(30-31-32)23-29-19(26)13-37-23)21-18(12-34-24(36-21)15-5-3-2-4-6-15)35-25(22)38-16-7-14(8-27)9-28-10-16/h2-7,9-11,13,18,20-22,24-25H,12H2,1H3/t18?,20-,21-,22?,24?,25+/m0/s1. The van der Waals surface area contributed by atoms with E-state index in [-0.39, 0.29) is 0 Å². The molecule has 0 spiro atoms. The minimum Gasteiger partial charge on any atom is -0.375 e. The molecule has 2 saturated heterocycles. The molecule has 0 bridgehead atoms. The van der Waals surface area contributed by atoms with Gasteiger partial charge in [0.15, 0.2) is 6.29 Å². The van der Waals surface area contributed by atoms with Gasteiger partial charge < -0.3 is 18.9 Å². The number of nitriles is 1. The fourth-order valence-electron chi connectivity index (χ4n) is 4.56. The maximum atomic E-state index is 9.31. The minimum atomic E-state index is -0.567. The molecule has 0 saturated carbocycles. The lowest BCUT2D eigenvalue weighted by molar-refractivity contribution is -0.308. The first kappa shape index (κ1) is 25.4. The fraction of sp³-hybridized carbons (Fsp3) is 0.320. The number of ether oxygens (including phenoxy) is 4. The quantitative estimate of drug-likeness (QED) is 0.329. The summed E-state index contributed by atoms with van der Waals surface area (Å²) < 4.78 is 26.9. The zero-order valence-electron chi connectivity index (χ0n) is 20.0. The van der Waals surface area contributed by atoms with Crippen molar-refractivity contribution in [2.75, 3.05) is 13.7 Å². The Balaban J connectivity index is 1.35. The molecule has 2 aliphatic rings. The van der Waals surface area contributed by atoms with Gasteiger partial charge in [0.2, 0.25) is 0 Å². The minimum absolute atomic E-state index is 0.314. The van der Waals surface area contributed by atoms with E-state index in [1.807, 2.05) is 36.5 Å². The second kappa shape index (κ2) is 11.1. The van der Waals surface area contributed by atoms with E-state index in [1.54, 1.807) is 29.4 Å². The van der Waals surface area contributed by atoms with Crippen LogP contribution in [0.1, 0.15) is 23.5 Å². The SMILES string of the molecule is COC1[C@@H](Sc2cncc(C#N)c2)OC2COC(c3ccccc3)O[C@@H]2[C@@H]1n1cc(-c2nc(Cl)cs2)nn1. The van der Waals surface area contributed by atoms with Crippen molar-refractivity contribution in [2.24, 2.45) is 0 Å². The van der Waals surface area contributed by atoms with Gasteiger partial charge in [-0.2, -0.15) is 5.26 Å². The summed E-state index contributed by atoms with van der Waals surface area (Å²) in [7, 11) is 1.63. The largest absolute Gasteiger partial charge is 0.375 e. The van der Waals surface area contributed by atoms with E-state index in [9.17, 15) is 5.26 Å². The van der Waals surface area contributed by atoms with E-state index in [0.717, 1.165) is 10.5 Å². The number of thioether (sulfide) groups is 1. The molecule has 5 heterocycles. The van der Waals surface area contributed by atoms with Gasteiger partial charge >= 0.3 is 0 Å². The molecule has 6 atom stereocenters. The molecule has 0 radical (unpaired) electrons. The van der Waals surface area contributed by atoms with Crippen molar-refractivity contribution in [1.29, 1.82) is 5.26 Å². The van der Waals surface area contributed by atoms with Crippen molar-refractivity contribution in [3.63, 3.8) is 0 Å². The molecule has 0 amide bonds. The molecular formula is C25H21ClN6O4S2. The summed E-state index contributed by atoms with van der Waals surface area (Å²) in [6.07, 6.45) is 3.13. The first-order valence-corrected chi connectivity index (χ1v) is 13.8. The topological polar surface area (TPSA) is 117 Å². The van der Waals surface area contributed by atoms with E-state index in [1.165, 1.54) is 29.3 Å². The Kier molecular flexibility index (Phi) is 7.40. The Morgan fingerprint density at radius 3 is 2.87 bits per heavy atom. The molecule has 2 fully saturated rings. The number of fused-ring (bicyclic) bond motifs is 1. The van der Waals surface area contributed by atoms with E-state index in [4.69, 9.17) is 30.5 Å². The highest BCUT2D eigenvalue weighted by Crippen LogP contribution is 2.44. The van der Waals surface area contributed by atoms with Crippen LogP contribution in [0.25, 0.3) is 10.7 Å². The second-order valence-electron chi connectivity index (χ2n) is 8.61. The summed E-state index contributed by atoms with van der Waals surface area (Å²) in [6.45, 7) is 0.314. The molecule has 6 rings (SSSR count). The van der Waals surface area contributed by atoms with Gasteiger partial charge in [0.05, 0.1) is 18.4 Å². The number of pyridine rings is 1. The zero-order chi connectivity index (χ0) is 26.1.